The van der Waals surface area contributed by atoms with Gasteiger partial charge in [-0.15, -0.1) is 0 Å². The third-order valence-electron chi connectivity index (χ3n) is 4.20. The van der Waals surface area contributed by atoms with Gasteiger partial charge in [-0.3, -0.25) is 4.79 Å². The Hall–Kier alpha value is -2.01. The van der Waals surface area contributed by atoms with Crippen LogP contribution in [-0.4, -0.2) is 46.6 Å². The predicted octanol–water partition coefficient (Wildman–Crippen LogP) is 2.50. The Kier molecular flexibility index (Phi) is 4.07. The summed E-state index contributed by atoms with van der Waals surface area (Å²) in [5, 5.41) is 0. The number of aryl methyl sites for hydroxylation is 2. The molecule has 0 spiro atoms. The van der Waals surface area contributed by atoms with E-state index in [0.717, 1.165) is 28.8 Å². The maximum Gasteiger partial charge on any atom is 0.254 e. The number of morpholine rings is 1. The van der Waals surface area contributed by atoms with Crippen LogP contribution >= 0.6 is 0 Å². The fourth-order valence-electron chi connectivity index (χ4n) is 2.70. The Morgan fingerprint density at radius 2 is 2.00 bits per heavy atom. The summed E-state index contributed by atoms with van der Waals surface area (Å²) in [7, 11) is 0. The zero-order valence-electron chi connectivity index (χ0n) is 13.3. The van der Waals surface area contributed by atoms with Crippen molar-refractivity contribution in [2.24, 2.45) is 0 Å². The Labute approximate surface area is 130 Å². The average molecular weight is 299 g/mol. The van der Waals surface area contributed by atoms with Crippen LogP contribution in [0.1, 0.15) is 35.1 Å². The zero-order chi connectivity index (χ0) is 15.7. The van der Waals surface area contributed by atoms with Gasteiger partial charge in [0.25, 0.3) is 5.91 Å². The topological polar surface area (TPSA) is 55.3 Å². The van der Waals surface area contributed by atoms with E-state index in [1.807, 2.05) is 36.9 Å². The van der Waals surface area contributed by atoms with Crippen LogP contribution in [0, 0.1) is 13.8 Å². The maximum atomic E-state index is 12.7. The molecule has 116 valence electrons. The molecule has 2 heterocycles. The minimum absolute atomic E-state index is 0.0451. The Bertz CT molecular complexity index is 714. The molecule has 0 radical (unpaired) electrons. The highest BCUT2D eigenvalue weighted by Gasteiger charge is 2.24. The number of carbonyl (C=O) groups is 1. The zero-order valence-corrected chi connectivity index (χ0v) is 13.3. The minimum Gasteiger partial charge on any atom is -0.375 e. The van der Waals surface area contributed by atoms with Gasteiger partial charge in [-0.25, -0.2) is 9.97 Å². The summed E-state index contributed by atoms with van der Waals surface area (Å²) in [6.45, 7) is 7.87. The molecule has 1 aromatic heterocycles. The molecule has 5 heteroatoms. The fraction of sp³-hybridized carbons (Fsp3) is 0.471. The maximum absolute atomic E-state index is 12.7. The monoisotopic (exact) mass is 299 g/mol. The number of aromatic nitrogens is 2. The lowest BCUT2D eigenvalue weighted by atomic mass is 10.1. The van der Waals surface area contributed by atoms with Crippen LogP contribution in [0.4, 0.5) is 0 Å². The first-order chi connectivity index (χ1) is 10.6. The molecule has 0 unspecified atom stereocenters. The summed E-state index contributed by atoms with van der Waals surface area (Å²) >= 11 is 0. The van der Waals surface area contributed by atoms with Crippen molar-refractivity contribution >= 4 is 16.9 Å². The number of hydrogen-bond acceptors (Lipinski definition) is 4. The quantitative estimate of drug-likeness (QED) is 0.855. The van der Waals surface area contributed by atoms with E-state index >= 15 is 0 Å². The van der Waals surface area contributed by atoms with E-state index in [1.54, 1.807) is 0 Å². The van der Waals surface area contributed by atoms with Crippen LogP contribution < -0.4 is 0 Å². The van der Waals surface area contributed by atoms with Gasteiger partial charge in [0.1, 0.15) is 0 Å². The lowest BCUT2D eigenvalue weighted by molar-refractivity contribution is -0.0226. The van der Waals surface area contributed by atoms with E-state index in [0.29, 0.717) is 25.3 Å². The Balaban J connectivity index is 1.89. The van der Waals surface area contributed by atoms with Gasteiger partial charge in [0.15, 0.2) is 0 Å². The van der Waals surface area contributed by atoms with Crippen LogP contribution in [0.25, 0.3) is 11.0 Å². The van der Waals surface area contributed by atoms with Crippen LogP contribution in [-0.2, 0) is 4.74 Å². The second kappa shape index (κ2) is 6.01. The van der Waals surface area contributed by atoms with Crippen molar-refractivity contribution in [2.75, 3.05) is 19.7 Å². The SMILES string of the molecule is CC[C@@H]1CN(C(=O)c2ccc3nc(C)c(C)nc3c2)CCO1. The number of rotatable bonds is 2. The first kappa shape index (κ1) is 14.9. The molecule has 1 amide bonds. The normalized spacial score (nSPS) is 18.7. The molecule has 0 saturated carbocycles. The highest BCUT2D eigenvalue weighted by atomic mass is 16.5. The first-order valence-corrected chi connectivity index (χ1v) is 7.74. The van der Waals surface area contributed by atoms with E-state index < -0.39 is 0 Å². The Morgan fingerprint density at radius 3 is 2.73 bits per heavy atom. The third-order valence-corrected chi connectivity index (χ3v) is 4.20. The average Bonchev–Trinajstić information content (AvgIpc) is 2.55. The standard InChI is InChI=1S/C17H21N3O2/c1-4-14-10-20(7-8-22-14)17(21)13-5-6-15-16(9-13)19-12(3)11(2)18-15/h5-6,9,14H,4,7-8,10H2,1-3H3/t14-/m1/s1. The van der Waals surface area contributed by atoms with Gasteiger partial charge in [-0.05, 0) is 38.5 Å². The smallest absolute Gasteiger partial charge is 0.254 e. The summed E-state index contributed by atoms with van der Waals surface area (Å²) in [4.78, 5) is 23.6. The van der Waals surface area contributed by atoms with Crippen molar-refractivity contribution in [3.8, 4) is 0 Å². The second-order valence-corrected chi connectivity index (χ2v) is 5.75. The summed E-state index contributed by atoms with van der Waals surface area (Å²) in [5.74, 6) is 0.0451. The molecule has 1 aliphatic rings. The second-order valence-electron chi connectivity index (χ2n) is 5.75. The number of carbonyl (C=O) groups excluding carboxylic acids is 1. The first-order valence-electron chi connectivity index (χ1n) is 7.74. The van der Waals surface area contributed by atoms with E-state index in [4.69, 9.17) is 4.74 Å². The van der Waals surface area contributed by atoms with Crippen molar-refractivity contribution in [1.82, 2.24) is 14.9 Å². The molecule has 1 aliphatic heterocycles. The largest absolute Gasteiger partial charge is 0.375 e. The molecule has 1 saturated heterocycles. The van der Waals surface area contributed by atoms with Crippen molar-refractivity contribution < 1.29 is 9.53 Å². The molecular formula is C17H21N3O2. The van der Waals surface area contributed by atoms with Crippen molar-refractivity contribution in [1.29, 1.82) is 0 Å². The molecule has 0 bridgehead atoms. The van der Waals surface area contributed by atoms with Gasteiger partial charge in [-0.1, -0.05) is 6.92 Å². The number of benzene rings is 1. The molecule has 3 rings (SSSR count). The summed E-state index contributed by atoms with van der Waals surface area (Å²) in [5.41, 5.74) is 4.09. The minimum atomic E-state index is 0.0451. The van der Waals surface area contributed by atoms with Crippen molar-refractivity contribution in [3.05, 3.63) is 35.2 Å². The summed E-state index contributed by atoms with van der Waals surface area (Å²) in [6.07, 6.45) is 1.06. The van der Waals surface area contributed by atoms with Crippen molar-refractivity contribution in [2.45, 2.75) is 33.3 Å². The van der Waals surface area contributed by atoms with E-state index in [1.165, 1.54) is 0 Å². The molecular weight excluding hydrogens is 278 g/mol. The van der Waals surface area contributed by atoms with Gasteiger partial charge in [0.05, 0.1) is 35.1 Å². The third kappa shape index (κ3) is 2.81. The van der Waals surface area contributed by atoms with Crippen molar-refractivity contribution in [3.63, 3.8) is 0 Å². The highest BCUT2D eigenvalue weighted by molar-refractivity contribution is 5.97. The Morgan fingerprint density at radius 1 is 1.27 bits per heavy atom. The van der Waals surface area contributed by atoms with Crippen LogP contribution in [0.15, 0.2) is 18.2 Å². The number of fused-ring (bicyclic) bond motifs is 1. The molecule has 0 aliphatic carbocycles. The molecule has 1 aromatic carbocycles. The van der Waals surface area contributed by atoms with E-state index in [-0.39, 0.29) is 12.0 Å². The number of hydrogen-bond donors (Lipinski definition) is 0. The summed E-state index contributed by atoms with van der Waals surface area (Å²) < 4.78 is 5.63. The van der Waals surface area contributed by atoms with Gasteiger partial charge >= 0.3 is 0 Å². The number of ether oxygens (including phenoxy) is 1. The molecule has 1 atom stereocenters. The van der Waals surface area contributed by atoms with E-state index in [9.17, 15) is 4.79 Å². The van der Waals surface area contributed by atoms with Gasteiger partial charge < -0.3 is 9.64 Å². The highest BCUT2D eigenvalue weighted by Crippen LogP contribution is 2.17. The fourth-order valence-corrected chi connectivity index (χ4v) is 2.70. The molecule has 5 nitrogen and oxygen atoms in total. The van der Waals surface area contributed by atoms with Crippen LogP contribution in [0.3, 0.4) is 0 Å². The van der Waals surface area contributed by atoms with Gasteiger partial charge in [0.2, 0.25) is 0 Å². The lowest BCUT2D eigenvalue weighted by Crippen LogP contribution is -2.45. The molecule has 22 heavy (non-hydrogen) atoms. The van der Waals surface area contributed by atoms with Crippen LogP contribution in [0.2, 0.25) is 0 Å². The molecule has 0 N–H and O–H groups in total. The van der Waals surface area contributed by atoms with Gasteiger partial charge in [0, 0.05) is 18.7 Å². The van der Waals surface area contributed by atoms with E-state index in [2.05, 4.69) is 16.9 Å². The number of amides is 1. The van der Waals surface area contributed by atoms with Gasteiger partial charge in [-0.2, -0.15) is 0 Å². The lowest BCUT2D eigenvalue weighted by Gasteiger charge is -2.32. The van der Waals surface area contributed by atoms with Crippen LogP contribution in [0.5, 0.6) is 0 Å². The summed E-state index contributed by atoms with van der Waals surface area (Å²) in [6, 6.07) is 5.55. The molecule has 2 aromatic rings. The molecule has 1 fully saturated rings. The number of nitrogens with zero attached hydrogens (tertiary/aromatic N) is 3. The predicted molar refractivity (Wildman–Crippen MR) is 84.9 cm³/mol.